The summed E-state index contributed by atoms with van der Waals surface area (Å²) < 4.78 is 24.5. The molecule has 5 atom stereocenters. The predicted molar refractivity (Wildman–Crippen MR) is 74.2 cm³/mol. The molecule has 1 heterocycles. The van der Waals surface area contributed by atoms with Gasteiger partial charge in [-0.05, 0) is 37.5 Å². The summed E-state index contributed by atoms with van der Waals surface area (Å²) in [5.41, 5.74) is 0.779. The molecule has 1 aromatic rings. The topological polar surface area (TPSA) is 18.5 Å². The number of alkyl halides is 1. The highest BCUT2D eigenvalue weighted by atomic mass is 35.5. The van der Waals surface area contributed by atoms with Crippen molar-refractivity contribution in [2.75, 3.05) is 7.11 Å². The van der Waals surface area contributed by atoms with Crippen molar-refractivity contribution in [3.05, 3.63) is 29.6 Å². The van der Waals surface area contributed by atoms with E-state index in [4.69, 9.17) is 21.1 Å². The predicted octanol–water partition coefficient (Wildman–Crippen LogP) is 4.17. The van der Waals surface area contributed by atoms with E-state index in [-0.39, 0.29) is 35.1 Å². The first-order valence-corrected chi connectivity index (χ1v) is 7.02. The third-order valence-electron chi connectivity index (χ3n) is 4.15. The van der Waals surface area contributed by atoms with Crippen LogP contribution in [0, 0.1) is 17.7 Å². The summed E-state index contributed by atoms with van der Waals surface area (Å²) in [6.45, 7) is 6.22. The second kappa shape index (κ2) is 5.68. The van der Waals surface area contributed by atoms with Gasteiger partial charge in [0.2, 0.25) is 0 Å². The molecule has 0 bridgehead atoms. The molecule has 1 fully saturated rings. The monoisotopic (exact) mass is 286 g/mol. The van der Waals surface area contributed by atoms with Crippen LogP contribution in [-0.4, -0.2) is 19.3 Å². The maximum Gasteiger partial charge on any atom is 0.165 e. The smallest absolute Gasteiger partial charge is 0.165 e. The lowest BCUT2D eigenvalue weighted by molar-refractivity contribution is 0.0508. The maximum absolute atomic E-state index is 13.8. The van der Waals surface area contributed by atoms with Crippen LogP contribution in [0.3, 0.4) is 0 Å². The SMILES string of the molecule is COc1ccc(C(Cl)C2C(C)OC(C)C2C)cc1F. The summed E-state index contributed by atoms with van der Waals surface area (Å²) in [6, 6.07) is 4.90. The summed E-state index contributed by atoms with van der Waals surface area (Å²) in [5, 5.41) is -0.254. The van der Waals surface area contributed by atoms with E-state index in [1.807, 2.05) is 13.0 Å². The van der Waals surface area contributed by atoms with Crippen LogP contribution in [0.2, 0.25) is 0 Å². The van der Waals surface area contributed by atoms with Gasteiger partial charge in [-0.3, -0.25) is 0 Å². The van der Waals surface area contributed by atoms with Crippen LogP contribution in [0.1, 0.15) is 31.7 Å². The van der Waals surface area contributed by atoms with Gasteiger partial charge in [0.15, 0.2) is 11.6 Å². The first-order valence-electron chi connectivity index (χ1n) is 6.58. The van der Waals surface area contributed by atoms with Crippen LogP contribution in [0.15, 0.2) is 18.2 Å². The lowest BCUT2D eigenvalue weighted by Gasteiger charge is -2.24. The van der Waals surface area contributed by atoms with Crippen molar-refractivity contribution in [3.8, 4) is 5.75 Å². The van der Waals surface area contributed by atoms with E-state index in [9.17, 15) is 4.39 Å². The summed E-state index contributed by atoms with van der Waals surface area (Å²) >= 11 is 6.55. The first-order chi connectivity index (χ1) is 8.95. The molecule has 0 N–H and O–H groups in total. The average Bonchev–Trinajstić information content (AvgIpc) is 2.62. The Balaban J connectivity index is 2.24. The first kappa shape index (κ1) is 14.6. The van der Waals surface area contributed by atoms with Crippen LogP contribution >= 0.6 is 11.6 Å². The number of benzene rings is 1. The molecule has 5 unspecified atom stereocenters. The third kappa shape index (κ3) is 2.72. The Morgan fingerprint density at radius 1 is 1.26 bits per heavy atom. The summed E-state index contributed by atoms with van der Waals surface area (Å²) in [6.07, 6.45) is 0.266. The number of hydrogen-bond acceptors (Lipinski definition) is 2. The number of halogens is 2. The zero-order chi connectivity index (χ0) is 14.2. The van der Waals surface area contributed by atoms with Gasteiger partial charge >= 0.3 is 0 Å². The van der Waals surface area contributed by atoms with Gasteiger partial charge in [-0.2, -0.15) is 0 Å². The second-order valence-electron chi connectivity index (χ2n) is 5.28. The van der Waals surface area contributed by atoms with Crippen LogP contribution < -0.4 is 4.74 Å². The standard InChI is InChI=1S/C15H20ClFO2/c1-8-9(2)19-10(3)14(8)15(16)11-5-6-13(18-4)12(17)7-11/h5-10,14-15H,1-4H3. The molecule has 2 nitrogen and oxygen atoms in total. The minimum Gasteiger partial charge on any atom is -0.494 e. The normalized spacial score (nSPS) is 32.3. The zero-order valence-corrected chi connectivity index (χ0v) is 12.4. The average molecular weight is 287 g/mol. The Morgan fingerprint density at radius 3 is 2.42 bits per heavy atom. The Kier molecular flexibility index (Phi) is 4.36. The van der Waals surface area contributed by atoms with Gasteiger partial charge in [-0.15, -0.1) is 11.6 Å². The van der Waals surface area contributed by atoms with Gasteiger partial charge in [-0.25, -0.2) is 4.39 Å². The van der Waals surface area contributed by atoms with Gasteiger partial charge in [0.25, 0.3) is 0 Å². The number of hydrogen-bond donors (Lipinski definition) is 0. The molecule has 0 amide bonds. The molecule has 0 aliphatic carbocycles. The highest BCUT2D eigenvalue weighted by Gasteiger charge is 2.41. The van der Waals surface area contributed by atoms with Crippen molar-refractivity contribution in [1.82, 2.24) is 0 Å². The molecule has 2 rings (SSSR count). The molecule has 0 radical (unpaired) electrons. The molecule has 106 valence electrons. The van der Waals surface area contributed by atoms with E-state index in [0.717, 1.165) is 5.56 Å². The Hall–Kier alpha value is -0.800. The molecule has 0 saturated carbocycles. The van der Waals surface area contributed by atoms with Crippen LogP contribution in [0.25, 0.3) is 0 Å². The van der Waals surface area contributed by atoms with Crippen molar-refractivity contribution in [2.24, 2.45) is 11.8 Å². The zero-order valence-electron chi connectivity index (χ0n) is 11.7. The third-order valence-corrected chi connectivity index (χ3v) is 4.69. The minimum atomic E-state index is -0.377. The van der Waals surface area contributed by atoms with Crippen LogP contribution in [0.5, 0.6) is 5.75 Å². The fraction of sp³-hybridized carbons (Fsp3) is 0.600. The molecule has 1 saturated heterocycles. The van der Waals surface area contributed by atoms with Gasteiger partial charge < -0.3 is 9.47 Å². The summed E-state index contributed by atoms with van der Waals surface area (Å²) in [5.74, 6) is 0.398. The number of ether oxygens (including phenoxy) is 2. The molecule has 0 spiro atoms. The fourth-order valence-corrected chi connectivity index (χ4v) is 3.44. The van der Waals surface area contributed by atoms with Gasteiger partial charge in [0, 0.05) is 5.92 Å². The summed E-state index contributed by atoms with van der Waals surface area (Å²) in [7, 11) is 1.45. The Bertz CT molecular complexity index is 452. The minimum absolute atomic E-state index is 0.0812. The van der Waals surface area contributed by atoms with E-state index in [1.165, 1.54) is 13.2 Å². The number of methoxy groups -OCH3 is 1. The van der Waals surface area contributed by atoms with E-state index >= 15 is 0 Å². The quantitative estimate of drug-likeness (QED) is 0.776. The van der Waals surface area contributed by atoms with E-state index < -0.39 is 0 Å². The maximum atomic E-state index is 13.8. The largest absolute Gasteiger partial charge is 0.494 e. The van der Waals surface area contributed by atoms with E-state index in [2.05, 4.69) is 13.8 Å². The van der Waals surface area contributed by atoms with Gasteiger partial charge in [-0.1, -0.05) is 13.0 Å². The molecular weight excluding hydrogens is 267 g/mol. The van der Waals surface area contributed by atoms with E-state index in [1.54, 1.807) is 6.07 Å². The highest BCUT2D eigenvalue weighted by Crippen LogP contribution is 2.44. The van der Waals surface area contributed by atoms with Crippen LogP contribution in [-0.2, 0) is 4.74 Å². The molecule has 0 aromatic heterocycles. The molecule has 1 aliphatic rings. The molecule has 4 heteroatoms. The molecular formula is C15H20ClFO2. The lowest BCUT2D eigenvalue weighted by Crippen LogP contribution is -2.22. The van der Waals surface area contributed by atoms with Crippen LogP contribution in [0.4, 0.5) is 4.39 Å². The highest BCUT2D eigenvalue weighted by molar-refractivity contribution is 6.21. The Morgan fingerprint density at radius 2 is 1.95 bits per heavy atom. The second-order valence-corrected chi connectivity index (χ2v) is 5.75. The fourth-order valence-electron chi connectivity index (χ4n) is 2.87. The van der Waals surface area contributed by atoms with Crippen molar-refractivity contribution in [2.45, 2.75) is 38.4 Å². The molecule has 19 heavy (non-hydrogen) atoms. The number of rotatable bonds is 3. The van der Waals surface area contributed by atoms with Gasteiger partial charge in [0.05, 0.1) is 24.7 Å². The van der Waals surface area contributed by atoms with Crippen molar-refractivity contribution in [3.63, 3.8) is 0 Å². The Labute approximate surface area is 118 Å². The van der Waals surface area contributed by atoms with Crippen molar-refractivity contribution >= 4 is 11.6 Å². The molecule has 1 aliphatic heterocycles. The van der Waals surface area contributed by atoms with Crippen molar-refractivity contribution < 1.29 is 13.9 Å². The lowest BCUT2D eigenvalue weighted by atomic mass is 9.84. The van der Waals surface area contributed by atoms with Gasteiger partial charge in [0.1, 0.15) is 0 Å². The van der Waals surface area contributed by atoms with E-state index in [0.29, 0.717) is 5.92 Å². The molecule has 1 aromatic carbocycles. The van der Waals surface area contributed by atoms with Crippen molar-refractivity contribution in [1.29, 1.82) is 0 Å². The summed E-state index contributed by atoms with van der Waals surface area (Å²) in [4.78, 5) is 0.